The van der Waals surface area contributed by atoms with E-state index in [1.807, 2.05) is 61.5 Å². The van der Waals surface area contributed by atoms with E-state index in [1.165, 1.54) is 7.11 Å². The second-order valence-electron chi connectivity index (χ2n) is 8.81. The fraction of sp³-hybridized carbons (Fsp3) is 0.346. The van der Waals surface area contributed by atoms with Gasteiger partial charge in [0.2, 0.25) is 5.89 Å². The Kier molecular flexibility index (Phi) is 8.06. The lowest BCUT2D eigenvalue weighted by Crippen LogP contribution is -2.31. The van der Waals surface area contributed by atoms with Gasteiger partial charge in [-0.3, -0.25) is 9.59 Å². The van der Waals surface area contributed by atoms with Gasteiger partial charge in [0.05, 0.1) is 12.3 Å². The molecule has 2 amide bonds. The number of likely N-dealkylation sites (tertiary alicyclic amines) is 1. The van der Waals surface area contributed by atoms with E-state index in [0.717, 1.165) is 24.1 Å². The zero-order chi connectivity index (χ0) is 25.5. The predicted octanol–water partition coefficient (Wildman–Crippen LogP) is 3.01. The van der Waals surface area contributed by atoms with Crippen LogP contribution < -0.4 is 5.32 Å². The summed E-state index contributed by atoms with van der Waals surface area (Å²) in [6.45, 7) is 1.61. The molecule has 1 atom stereocenters. The molecule has 0 bridgehead atoms. The summed E-state index contributed by atoms with van der Waals surface area (Å²) in [4.78, 5) is 38.8. The van der Waals surface area contributed by atoms with Crippen LogP contribution in [0.5, 0.6) is 0 Å². The van der Waals surface area contributed by atoms with Crippen molar-refractivity contribution in [2.45, 2.75) is 18.9 Å². The molecule has 1 aromatic heterocycles. The highest BCUT2D eigenvalue weighted by atomic mass is 16.6. The third kappa shape index (κ3) is 5.95. The molecule has 0 aliphatic carbocycles. The molecule has 188 valence electrons. The normalized spacial score (nSPS) is 16.5. The Morgan fingerprint density at radius 3 is 2.56 bits per heavy atom. The summed E-state index contributed by atoms with van der Waals surface area (Å²) >= 11 is 0. The molecule has 1 N–H and O–H groups in total. The molecule has 2 heterocycles. The van der Waals surface area contributed by atoms with E-state index in [1.54, 1.807) is 17.0 Å². The standard InChI is InChI=1S/C26H30N6O4/c1-31(2)15-7-14-27-24(33)23-28-25(36-30-23)22-16-21(29-35-3)17-32(22)26(34)20-12-10-19(11-13-20)18-8-5-4-6-9-18/h4-6,8-13,22H,7,14-17H2,1-3H3,(H,27,33)/t22-/m0/s1. The molecule has 0 unspecified atom stereocenters. The van der Waals surface area contributed by atoms with Gasteiger partial charge in [-0.05, 0) is 50.3 Å². The first-order valence-corrected chi connectivity index (χ1v) is 11.8. The van der Waals surface area contributed by atoms with Crippen molar-refractivity contribution in [2.75, 3.05) is 40.8 Å². The van der Waals surface area contributed by atoms with Crippen molar-refractivity contribution in [3.8, 4) is 11.1 Å². The molecule has 0 saturated carbocycles. The number of amides is 2. The molecule has 1 aliphatic heterocycles. The Hall–Kier alpha value is -4.05. The number of carbonyl (C=O) groups is 2. The third-order valence-electron chi connectivity index (χ3n) is 5.88. The number of rotatable bonds is 9. The second kappa shape index (κ2) is 11.6. The Labute approximate surface area is 209 Å². The van der Waals surface area contributed by atoms with Crippen molar-refractivity contribution in [3.63, 3.8) is 0 Å². The van der Waals surface area contributed by atoms with Gasteiger partial charge < -0.3 is 24.5 Å². The Morgan fingerprint density at radius 2 is 1.86 bits per heavy atom. The lowest BCUT2D eigenvalue weighted by atomic mass is 10.0. The second-order valence-corrected chi connectivity index (χ2v) is 8.81. The average molecular weight is 491 g/mol. The first-order valence-electron chi connectivity index (χ1n) is 11.8. The zero-order valence-electron chi connectivity index (χ0n) is 20.7. The van der Waals surface area contributed by atoms with Crippen molar-refractivity contribution in [2.24, 2.45) is 5.16 Å². The van der Waals surface area contributed by atoms with Crippen LogP contribution in [0, 0.1) is 0 Å². The van der Waals surface area contributed by atoms with Crippen LogP contribution in [0.3, 0.4) is 0 Å². The average Bonchev–Trinajstić information content (AvgIpc) is 3.54. The van der Waals surface area contributed by atoms with Gasteiger partial charge in [-0.15, -0.1) is 0 Å². The molecular formula is C26H30N6O4. The molecule has 0 radical (unpaired) electrons. The maximum atomic E-state index is 13.5. The largest absolute Gasteiger partial charge is 0.399 e. The topological polar surface area (TPSA) is 113 Å². The molecule has 1 saturated heterocycles. The Bertz CT molecular complexity index is 1210. The molecule has 3 aromatic rings. The number of benzene rings is 2. The first kappa shape index (κ1) is 25.1. The van der Waals surface area contributed by atoms with Crippen LogP contribution in [0.2, 0.25) is 0 Å². The number of nitrogens with one attached hydrogen (secondary N) is 1. The van der Waals surface area contributed by atoms with E-state index in [-0.39, 0.29) is 24.2 Å². The summed E-state index contributed by atoms with van der Waals surface area (Å²) in [5.74, 6) is -0.494. The van der Waals surface area contributed by atoms with Gasteiger partial charge in [0.1, 0.15) is 13.2 Å². The fourth-order valence-corrected chi connectivity index (χ4v) is 4.07. The molecular weight excluding hydrogens is 460 g/mol. The van der Waals surface area contributed by atoms with Gasteiger partial charge in [0.15, 0.2) is 0 Å². The highest BCUT2D eigenvalue weighted by Crippen LogP contribution is 2.32. The maximum absolute atomic E-state index is 13.5. The maximum Gasteiger partial charge on any atom is 0.292 e. The smallest absolute Gasteiger partial charge is 0.292 e. The summed E-state index contributed by atoms with van der Waals surface area (Å²) in [5.41, 5.74) is 3.29. The molecule has 10 nitrogen and oxygen atoms in total. The molecule has 1 fully saturated rings. The quantitative estimate of drug-likeness (QED) is 0.362. The van der Waals surface area contributed by atoms with E-state index >= 15 is 0 Å². The van der Waals surface area contributed by atoms with Gasteiger partial charge in [0, 0.05) is 18.5 Å². The highest BCUT2D eigenvalue weighted by molar-refractivity contribution is 6.00. The molecule has 1 aliphatic rings. The lowest BCUT2D eigenvalue weighted by Gasteiger charge is -2.21. The van der Waals surface area contributed by atoms with Crippen LogP contribution in [0.4, 0.5) is 0 Å². The van der Waals surface area contributed by atoms with Crippen LogP contribution in [0.25, 0.3) is 11.1 Å². The lowest BCUT2D eigenvalue weighted by molar-refractivity contribution is 0.0713. The van der Waals surface area contributed by atoms with Gasteiger partial charge in [0.25, 0.3) is 17.6 Å². The number of carbonyl (C=O) groups excluding carboxylic acids is 2. The molecule has 4 rings (SSSR count). The summed E-state index contributed by atoms with van der Waals surface area (Å²) < 4.78 is 5.41. The minimum absolute atomic E-state index is 0.0633. The van der Waals surface area contributed by atoms with Crippen LogP contribution >= 0.6 is 0 Å². The summed E-state index contributed by atoms with van der Waals surface area (Å²) in [7, 11) is 5.40. The number of hydrogen-bond donors (Lipinski definition) is 1. The van der Waals surface area contributed by atoms with Gasteiger partial charge >= 0.3 is 0 Å². The van der Waals surface area contributed by atoms with Crippen LogP contribution in [0.1, 0.15) is 45.8 Å². The van der Waals surface area contributed by atoms with Crippen LogP contribution in [-0.4, -0.2) is 78.3 Å². The monoisotopic (exact) mass is 490 g/mol. The van der Waals surface area contributed by atoms with Gasteiger partial charge in [-0.2, -0.15) is 4.98 Å². The van der Waals surface area contributed by atoms with Crippen LogP contribution in [0.15, 0.2) is 64.3 Å². The number of hydrogen-bond acceptors (Lipinski definition) is 8. The summed E-state index contributed by atoms with van der Waals surface area (Å²) in [5, 5.41) is 10.7. The highest BCUT2D eigenvalue weighted by Gasteiger charge is 2.38. The Morgan fingerprint density at radius 1 is 1.14 bits per heavy atom. The fourth-order valence-electron chi connectivity index (χ4n) is 4.07. The molecule has 0 spiro atoms. The van der Waals surface area contributed by atoms with E-state index < -0.39 is 11.9 Å². The number of nitrogens with zero attached hydrogens (tertiary/aromatic N) is 5. The van der Waals surface area contributed by atoms with E-state index in [9.17, 15) is 9.59 Å². The SMILES string of the molecule is CON=C1C[C@@H](c2nc(C(=O)NCCCN(C)C)no2)N(C(=O)c2ccc(-c3ccccc3)cc2)C1. The third-order valence-corrected chi connectivity index (χ3v) is 5.88. The van der Waals surface area contributed by atoms with Gasteiger partial charge in [-0.1, -0.05) is 52.8 Å². The minimum atomic E-state index is -0.553. The minimum Gasteiger partial charge on any atom is -0.399 e. The first-order chi connectivity index (χ1) is 17.5. The van der Waals surface area contributed by atoms with Crippen molar-refractivity contribution >= 4 is 17.5 Å². The van der Waals surface area contributed by atoms with E-state index in [0.29, 0.717) is 24.2 Å². The van der Waals surface area contributed by atoms with Crippen molar-refractivity contribution in [3.05, 3.63) is 71.9 Å². The van der Waals surface area contributed by atoms with Gasteiger partial charge in [-0.25, -0.2) is 0 Å². The van der Waals surface area contributed by atoms with Crippen LogP contribution in [-0.2, 0) is 4.84 Å². The van der Waals surface area contributed by atoms with Crippen molar-refractivity contribution in [1.29, 1.82) is 0 Å². The zero-order valence-corrected chi connectivity index (χ0v) is 20.7. The van der Waals surface area contributed by atoms with Crippen molar-refractivity contribution in [1.82, 2.24) is 25.3 Å². The predicted molar refractivity (Wildman–Crippen MR) is 135 cm³/mol. The summed E-state index contributed by atoms with van der Waals surface area (Å²) in [6, 6.07) is 16.8. The molecule has 2 aromatic carbocycles. The number of aromatic nitrogens is 2. The molecule has 10 heteroatoms. The summed E-state index contributed by atoms with van der Waals surface area (Å²) in [6.07, 6.45) is 1.17. The van der Waals surface area contributed by atoms with E-state index in [4.69, 9.17) is 9.36 Å². The van der Waals surface area contributed by atoms with Crippen molar-refractivity contribution < 1.29 is 18.9 Å². The molecule has 36 heavy (non-hydrogen) atoms. The Balaban J connectivity index is 1.49. The van der Waals surface area contributed by atoms with E-state index in [2.05, 4.69) is 20.6 Å². The number of oxime groups is 1.